The van der Waals surface area contributed by atoms with E-state index in [0.717, 1.165) is 30.9 Å². The molecule has 1 aromatic carbocycles. The lowest BCUT2D eigenvalue weighted by molar-refractivity contribution is 0.386. The first-order chi connectivity index (χ1) is 9.02. The van der Waals surface area contributed by atoms with E-state index in [1.807, 2.05) is 18.7 Å². The van der Waals surface area contributed by atoms with E-state index < -0.39 is 5.82 Å². The van der Waals surface area contributed by atoms with Crippen LogP contribution in [-0.4, -0.2) is 35.1 Å². The highest BCUT2D eigenvalue weighted by atomic mass is 35.5. The largest absolute Gasteiger partial charge is 0.327 e. The maximum atomic E-state index is 13.4. The Balaban J connectivity index is 2.36. The molecular formula is C13H16Cl2FN3. The summed E-state index contributed by atoms with van der Waals surface area (Å²) < 4.78 is 15.4. The zero-order valence-corrected chi connectivity index (χ0v) is 12.5. The van der Waals surface area contributed by atoms with Gasteiger partial charge in [0.2, 0.25) is 0 Å². The minimum absolute atomic E-state index is 0.113. The lowest BCUT2D eigenvalue weighted by Gasteiger charge is -2.11. The van der Waals surface area contributed by atoms with Crippen LogP contribution in [0.5, 0.6) is 0 Å². The summed E-state index contributed by atoms with van der Waals surface area (Å²) >= 11 is 11.7. The number of alkyl halides is 1. The SMILES string of the molecule is CN(C)CCCn1c(CCl)nc2cc(F)c(Cl)cc21. The molecule has 1 heterocycles. The molecule has 0 N–H and O–H groups in total. The zero-order valence-electron chi connectivity index (χ0n) is 11.0. The Kier molecular flexibility index (Phi) is 4.66. The van der Waals surface area contributed by atoms with Crippen molar-refractivity contribution in [2.24, 2.45) is 0 Å². The smallest absolute Gasteiger partial charge is 0.144 e. The predicted molar refractivity (Wildman–Crippen MR) is 77.4 cm³/mol. The fraction of sp³-hybridized carbons (Fsp3) is 0.462. The first-order valence-electron chi connectivity index (χ1n) is 6.07. The van der Waals surface area contributed by atoms with Gasteiger partial charge in [0.25, 0.3) is 0 Å². The lowest BCUT2D eigenvalue weighted by atomic mass is 10.3. The highest BCUT2D eigenvalue weighted by Crippen LogP contribution is 2.24. The van der Waals surface area contributed by atoms with Gasteiger partial charge in [0, 0.05) is 12.6 Å². The molecule has 0 radical (unpaired) electrons. The van der Waals surface area contributed by atoms with E-state index >= 15 is 0 Å². The fourth-order valence-corrected chi connectivity index (χ4v) is 2.43. The van der Waals surface area contributed by atoms with E-state index in [1.165, 1.54) is 6.07 Å². The minimum atomic E-state index is -0.451. The summed E-state index contributed by atoms with van der Waals surface area (Å²) in [4.78, 5) is 6.47. The molecule has 0 saturated carbocycles. The standard InChI is InChI=1S/C13H16Cl2FN3/c1-18(2)4-3-5-19-12-6-9(15)10(16)7-11(12)17-13(19)8-14/h6-7H,3-5,8H2,1-2H3. The molecule has 0 unspecified atom stereocenters. The molecule has 0 atom stereocenters. The van der Waals surface area contributed by atoms with Gasteiger partial charge in [-0.25, -0.2) is 9.37 Å². The molecule has 0 saturated heterocycles. The van der Waals surface area contributed by atoms with Crippen LogP contribution in [0, 0.1) is 5.82 Å². The molecule has 0 amide bonds. The van der Waals surface area contributed by atoms with Gasteiger partial charge in [-0.1, -0.05) is 11.6 Å². The summed E-state index contributed by atoms with van der Waals surface area (Å²) in [5.74, 6) is 0.598. The normalized spacial score (nSPS) is 11.7. The quantitative estimate of drug-likeness (QED) is 0.788. The van der Waals surface area contributed by atoms with Crippen LogP contribution in [0.1, 0.15) is 12.2 Å². The van der Waals surface area contributed by atoms with Crippen LogP contribution in [0.3, 0.4) is 0 Å². The average Bonchev–Trinajstić information content (AvgIpc) is 2.67. The Labute approximate surface area is 121 Å². The molecular weight excluding hydrogens is 288 g/mol. The van der Waals surface area contributed by atoms with E-state index in [-0.39, 0.29) is 5.02 Å². The molecule has 0 spiro atoms. The summed E-state index contributed by atoms with van der Waals surface area (Å²) in [6.07, 6.45) is 0.970. The Hall–Kier alpha value is -0.840. The van der Waals surface area contributed by atoms with Crippen LogP contribution in [0.2, 0.25) is 5.02 Å². The summed E-state index contributed by atoms with van der Waals surface area (Å²) in [6.45, 7) is 1.76. The van der Waals surface area contributed by atoms with Crippen molar-refractivity contribution >= 4 is 34.2 Å². The van der Waals surface area contributed by atoms with Gasteiger partial charge in [-0.15, -0.1) is 11.6 Å². The molecule has 104 valence electrons. The summed E-state index contributed by atoms with van der Waals surface area (Å²) in [5.41, 5.74) is 1.43. The Bertz CT molecular complexity index is 581. The topological polar surface area (TPSA) is 21.1 Å². The molecule has 2 aromatic rings. The van der Waals surface area contributed by atoms with Gasteiger partial charge < -0.3 is 9.47 Å². The van der Waals surface area contributed by atoms with E-state index in [9.17, 15) is 4.39 Å². The summed E-state index contributed by atoms with van der Waals surface area (Å²) in [5, 5.41) is 0.113. The van der Waals surface area contributed by atoms with Crippen LogP contribution < -0.4 is 0 Å². The minimum Gasteiger partial charge on any atom is -0.327 e. The van der Waals surface area contributed by atoms with E-state index in [4.69, 9.17) is 23.2 Å². The summed E-state index contributed by atoms with van der Waals surface area (Å²) in [6, 6.07) is 2.97. The highest BCUT2D eigenvalue weighted by molar-refractivity contribution is 6.31. The van der Waals surface area contributed by atoms with Gasteiger partial charge in [-0.2, -0.15) is 0 Å². The van der Waals surface area contributed by atoms with Crippen molar-refractivity contribution in [2.45, 2.75) is 18.8 Å². The first kappa shape index (κ1) is 14.6. The van der Waals surface area contributed by atoms with Gasteiger partial charge in [0.15, 0.2) is 0 Å². The molecule has 3 nitrogen and oxygen atoms in total. The van der Waals surface area contributed by atoms with Crippen LogP contribution in [-0.2, 0) is 12.4 Å². The fourth-order valence-electron chi connectivity index (χ4n) is 2.07. The molecule has 19 heavy (non-hydrogen) atoms. The number of benzene rings is 1. The van der Waals surface area contributed by atoms with E-state index in [1.54, 1.807) is 6.07 Å². The number of hydrogen-bond acceptors (Lipinski definition) is 2. The van der Waals surface area contributed by atoms with Gasteiger partial charge in [-0.05, 0) is 33.1 Å². The van der Waals surface area contributed by atoms with Crippen LogP contribution in [0.25, 0.3) is 11.0 Å². The third-order valence-corrected chi connectivity index (χ3v) is 3.50. The predicted octanol–water partition coefficient (Wildman–Crippen LogP) is 3.52. The number of imidazole rings is 1. The van der Waals surface area contributed by atoms with E-state index in [0.29, 0.717) is 11.4 Å². The molecule has 6 heteroatoms. The number of aryl methyl sites for hydroxylation is 1. The number of hydrogen-bond donors (Lipinski definition) is 0. The second-order valence-electron chi connectivity index (χ2n) is 4.73. The molecule has 1 aromatic heterocycles. The molecule has 0 aliphatic carbocycles. The molecule has 0 bridgehead atoms. The number of rotatable bonds is 5. The monoisotopic (exact) mass is 303 g/mol. The second kappa shape index (κ2) is 6.07. The maximum Gasteiger partial charge on any atom is 0.144 e. The van der Waals surface area contributed by atoms with Crippen LogP contribution in [0.15, 0.2) is 12.1 Å². The van der Waals surface area contributed by atoms with Gasteiger partial charge >= 0.3 is 0 Å². The van der Waals surface area contributed by atoms with Crippen molar-refractivity contribution in [3.63, 3.8) is 0 Å². The van der Waals surface area contributed by atoms with Crippen LogP contribution in [0.4, 0.5) is 4.39 Å². The lowest BCUT2D eigenvalue weighted by Crippen LogP contribution is -2.15. The zero-order chi connectivity index (χ0) is 14.0. The maximum absolute atomic E-state index is 13.4. The third-order valence-electron chi connectivity index (χ3n) is 2.98. The Morgan fingerprint density at radius 3 is 2.74 bits per heavy atom. The van der Waals surface area contributed by atoms with Crippen LogP contribution >= 0.6 is 23.2 Å². The number of halogens is 3. The van der Waals surface area contributed by atoms with Gasteiger partial charge in [0.1, 0.15) is 11.6 Å². The number of aromatic nitrogens is 2. The number of nitrogens with zero attached hydrogens (tertiary/aromatic N) is 3. The van der Waals surface area contributed by atoms with Gasteiger partial charge in [0.05, 0.1) is 21.9 Å². The Morgan fingerprint density at radius 2 is 2.11 bits per heavy atom. The average molecular weight is 304 g/mol. The molecule has 0 aliphatic heterocycles. The van der Waals surface area contributed by atoms with Crippen molar-refractivity contribution in [3.05, 3.63) is 28.8 Å². The highest BCUT2D eigenvalue weighted by Gasteiger charge is 2.12. The number of fused-ring (bicyclic) bond motifs is 1. The Morgan fingerprint density at radius 1 is 1.37 bits per heavy atom. The van der Waals surface area contributed by atoms with Crippen molar-refractivity contribution in [1.82, 2.24) is 14.5 Å². The molecule has 2 rings (SSSR count). The van der Waals surface area contributed by atoms with Gasteiger partial charge in [-0.3, -0.25) is 0 Å². The third kappa shape index (κ3) is 3.19. The van der Waals surface area contributed by atoms with Crippen molar-refractivity contribution in [3.8, 4) is 0 Å². The second-order valence-corrected chi connectivity index (χ2v) is 5.40. The summed E-state index contributed by atoms with van der Waals surface area (Å²) in [7, 11) is 4.06. The van der Waals surface area contributed by atoms with E-state index in [2.05, 4.69) is 9.88 Å². The van der Waals surface area contributed by atoms with Crippen molar-refractivity contribution < 1.29 is 4.39 Å². The van der Waals surface area contributed by atoms with Crippen molar-refractivity contribution in [2.75, 3.05) is 20.6 Å². The molecule has 0 aliphatic rings. The first-order valence-corrected chi connectivity index (χ1v) is 6.99. The molecule has 0 fully saturated rings. The van der Waals surface area contributed by atoms with Crippen molar-refractivity contribution in [1.29, 1.82) is 0 Å².